The molecule has 0 heterocycles. The van der Waals surface area contributed by atoms with Gasteiger partial charge in [-0.15, -0.1) is 0 Å². The lowest BCUT2D eigenvalue weighted by molar-refractivity contribution is 0.0749. The van der Waals surface area contributed by atoms with Gasteiger partial charge in [0.05, 0.1) is 7.11 Å². The maximum Gasteiger partial charge on any atom is 0.192 e. The summed E-state index contributed by atoms with van der Waals surface area (Å²) in [5, 5.41) is 12.6. The van der Waals surface area contributed by atoms with Crippen LogP contribution in [-0.4, -0.2) is 37.7 Å². The van der Waals surface area contributed by atoms with Crippen molar-refractivity contribution in [1.82, 2.24) is 5.32 Å². The summed E-state index contributed by atoms with van der Waals surface area (Å²) >= 11 is 0. The van der Waals surface area contributed by atoms with E-state index in [4.69, 9.17) is 4.74 Å². The Hall–Kier alpha value is -1.39. The molecule has 0 bridgehead atoms. The first-order valence-electron chi connectivity index (χ1n) is 5.95. The predicted molar refractivity (Wildman–Crippen MR) is 71.5 cm³/mol. The van der Waals surface area contributed by atoms with Crippen molar-refractivity contribution in [3.8, 4) is 5.75 Å². The molecule has 0 aliphatic rings. The van der Waals surface area contributed by atoms with E-state index in [2.05, 4.69) is 5.32 Å². The lowest BCUT2D eigenvalue weighted by atomic mass is 9.94. The van der Waals surface area contributed by atoms with Gasteiger partial charge in [0.2, 0.25) is 0 Å². The largest absolute Gasteiger partial charge is 0.496 e. The number of ether oxygens (including phenoxy) is 1. The summed E-state index contributed by atoms with van der Waals surface area (Å²) in [6.45, 7) is 5.94. The minimum atomic E-state index is -1.01. The molecule has 0 radical (unpaired) electrons. The monoisotopic (exact) mass is 251 g/mol. The number of nitrogens with one attached hydrogen (secondary N) is 1. The Labute approximate surface area is 108 Å². The third kappa shape index (κ3) is 2.71. The zero-order valence-corrected chi connectivity index (χ0v) is 11.6. The minimum Gasteiger partial charge on any atom is -0.496 e. The number of benzene rings is 1. The number of aliphatic hydroxyl groups excluding tert-OH is 1. The van der Waals surface area contributed by atoms with E-state index >= 15 is 0 Å². The van der Waals surface area contributed by atoms with Gasteiger partial charge in [-0.1, -0.05) is 0 Å². The van der Waals surface area contributed by atoms with Crippen LogP contribution in [0.5, 0.6) is 5.75 Å². The molecule has 0 spiro atoms. The second kappa shape index (κ2) is 5.98. The molecule has 0 aliphatic heterocycles. The second-order valence-corrected chi connectivity index (χ2v) is 4.46. The quantitative estimate of drug-likeness (QED) is 0.776. The highest BCUT2D eigenvalue weighted by Gasteiger charge is 2.21. The average Bonchev–Trinajstić information content (AvgIpc) is 2.34. The maximum absolute atomic E-state index is 12.1. The fourth-order valence-electron chi connectivity index (χ4n) is 2.09. The van der Waals surface area contributed by atoms with Crippen LogP contribution in [0.2, 0.25) is 0 Å². The van der Waals surface area contributed by atoms with Gasteiger partial charge in [0.1, 0.15) is 11.9 Å². The molecule has 18 heavy (non-hydrogen) atoms. The normalized spacial score (nSPS) is 12.3. The van der Waals surface area contributed by atoms with Crippen LogP contribution in [0.4, 0.5) is 0 Å². The second-order valence-electron chi connectivity index (χ2n) is 4.46. The number of Topliss-reactive ketones (excluding diaryl/α,β-unsaturated/α-hetero) is 1. The summed E-state index contributed by atoms with van der Waals surface area (Å²) in [6, 6.07) is 1.78. The first-order chi connectivity index (χ1) is 8.43. The topological polar surface area (TPSA) is 58.6 Å². The standard InChI is InChI=1S/C14H21NO3/c1-8-6-11(13(17)12(16)7-15-4)9(2)10(3)14(8)18-5/h6,12,15-16H,7H2,1-5H3. The summed E-state index contributed by atoms with van der Waals surface area (Å²) in [5.41, 5.74) is 3.27. The number of ketones is 1. The van der Waals surface area contributed by atoms with E-state index in [9.17, 15) is 9.90 Å². The Bertz CT molecular complexity index is 455. The van der Waals surface area contributed by atoms with E-state index in [1.807, 2.05) is 20.8 Å². The van der Waals surface area contributed by atoms with Gasteiger partial charge in [-0.2, -0.15) is 0 Å². The van der Waals surface area contributed by atoms with Crippen molar-refractivity contribution in [2.75, 3.05) is 20.7 Å². The number of aliphatic hydroxyl groups is 1. The number of likely N-dealkylation sites (N-methyl/N-ethyl adjacent to an activating group) is 1. The van der Waals surface area contributed by atoms with Crippen molar-refractivity contribution in [2.24, 2.45) is 0 Å². The number of rotatable bonds is 5. The van der Waals surface area contributed by atoms with E-state index in [-0.39, 0.29) is 12.3 Å². The van der Waals surface area contributed by atoms with E-state index in [1.165, 1.54) is 0 Å². The molecule has 1 aromatic rings. The maximum atomic E-state index is 12.1. The van der Waals surface area contributed by atoms with Gasteiger partial charge < -0.3 is 15.2 Å². The molecule has 0 amide bonds. The third-order valence-electron chi connectivity index (χ3n) is 3.20. The van der Waals surface area contributed by atoms with Gasteiger partial charge in [-0.3, -0.25) is 4.79 Å². The Morgan fingerprint density at radius 1 is 1.39 bits per heavy atom. The van der Waals surface area contributed by atoms with Crippen molar-refractivity contribution >= 4 is 5.78 Å². The fraction of sp³-hybridized carbons (Fsp3) is 0.500. The Morgan fingerprint density at radius 3 is 2.50 bits per heavy atom. The van der Waals surface area contributed by atoms with Crippen LogP contribution in [0.15, 0.2) is 6.07 Å². The molecule has 0 saturated heterocycles. The van der Waals surface area contributed by atoms with Crippen molar-refractivity contribution in [3.05, 3.63) is 28.3 Å². The van der Waals surface area contributed by atoms with Gasteiger partial charge in [-0.25, -0.2) is 0 Å². The molecule has 1 aromatic carbocycles. The van der Waals surface area contributed by atoms with Crippen molar-refractivity contribution in [3.63, 3.8) is 0 Å². The molecule has 0 saturated carbocycles. The third-order valence-corrected chi connectivity index (χ3v) is 3.20. The van der Waals surface area contributed by atoms with Gasteiger partial charge in [0, 0.05) is 12.1 Å². The lowest BCUT2D eigenvalue weighted by Gasteiger charge is -2.17. The molecule has 1 unspecified atom stereocenters. The number of hydrogen-bond donors (Lipinski definition) is 2. The highest BCUT2D eigenvalue weighted by Crippen LogP contribution is 2.29. The molecule has 4 nitrogen and oxygen atoms in total. The Kier molecular flexibility index (Phi) is 4.87. The Morgan fingerprint density at radius 2 is 2.00 bits per heavy atom. The van der Waals surface area contributed by atoms with Crippen molar-refractivity contribution in [2.45, 2.75) is 26.9 Å². The first-order valence-corrected chi connectivity index (χ1v) is 5.95. The summed E-state index contributed by atoms with van der Waals surface area (Å²) in [5.74, 6) is 0.544. The summed E-state index contributed by atoms with van der Waals surface area (Å²) in [4.78, 5) is 12.1. The highest BCUT2D eigenvalue weighted by atomic mass is 16.5. The van der Waals surface area contributed by atoms with Crippen LogP contribution in [0.1, 0.15) is 27.0 Å². The minimum absolute atomic E-state index is 0.252. The molecule has 100 valence electrons. The van der Waals surface area contributed by atoms with Crippen molar-refractivity contribution in [1.29, 1.82) is 0 Å². The molecule has 4 heteroatoms. The fourth-order valence-corrected chi connectivity index (χ4v) is 2.09. The number of carbonyl (C=O) groups excluding carboxylic acids is 1. The molecule has 2 N–H and O–H groups in total. The van der Waals surface area contributed by atoms with Crippen LogP contribution in [0.25, 0.3) is 0 Å². The first kappa shape index (κ1) is 14.7. The van der Waals surface area contributed by atoms with E-state index in [0.29, 0.717) is 5.56 Å². The molecular weight excluding hydrogens is 230 g/mol. The molecule has 0 fully saturated rings. The van der Waals surface area contributed by atoms with Gasteiger partial charge in [-0.05, 0) is 50.6 Å². The number of carbonyl (C=O) groups is 1. The van der Waals surface area contributed by atoms with Crippen LogP contribution in [0.3, 0.4) is 0 Å². The molecule has 1 atom stereocenters. The molecule has 0 aromatic heterocycles. The summed E-state index contributed by atoms with van der Waals surface area (Å²) < 4.78 is 5.31. The van der Waals surface area contributed by atoms with Gasteiger partial charge in [0.15, 0.2) is 5.78 Å². The van der Waals surface area contributed by atoms with Gasteiger partial charge >= 0.3 is 0 Å². The van der Waals surface area contributed by atoms with Crippen LogP contribution in [-0.2, 0) is 0 Å². The molecule has 1 rings (SSSR count). The van der Waals surface area contributed by atoms with E-state index in [1.54, 1.807) is 20.2 Å². The van der Waals surface area contributed by atoms with Crippen LogP contribution in [0, 0.1) is 20.8 Å². The SMILES string of the molecule is CNCC(O)C(=O)c1cc(C)c(OC)c(C)c1C. The smallest absolute Gasteiger partial charge is 0.192 e. The average molecular weight is 251 g/mol. The lowest BCUT2D eigenvalue weighted by Crippen LogP contribution is -2.32. The zero-order valence-electron chi connectivity index (χ0n) is 11.6. The molecular formula is C14H21NO3. The van der Waals surface area contributed by atoms with Gasteiger partial charge in [0.25, 0.3) is 0 Å². The number of hydrogen-bond acceptors (Lipinski definition) is 4. The predicted octanol–water partition coefficient (Wildman–Crippen LogP) is 1.38. The van der Waals surface area contributed by atoms with Crippen LogP contribution < -0.4 is 10.1 Å². The molecule has 0 aliphatic carbocycles. The van der Waals surface area contributed by atoms with Crippen molar-refractivity contribution < 1.29 is 14.6 Å². The van der Waals surface area contributed by atoms with E-state index in [0.717, 1.165) is 22.4 Å². The van der Waals surface area contributed by atoms with Crippen LogP contribution >= 0.6 is 0 Å². The number of methoxy groups -OCH3 is 1. The van der Waals surface area contributed by atoms with E-state index < -0.39 is 6.10 Å². The highest BCUT2D eigenvalue weighted by molar-refractivity contribution is 6.01. The summed E-state index contributed by atoms with van der Waals surface area (Å²) in [7, 11) is 3.32. The Balaban J connectivity index is 3.23. The number of aryl methyl sites for hydroxylation is 1. The zero-order chi connectivity index (χ0) is 13.9. The summed E-state index contributed by atoms with van der Waals surface area (Å²) in [6.07, 6.45) is -1.01.